The Balaban J connectivity index is 2.31. The molecule has 1 aliphatic heterocycles. The molecule has 0 aromatic rings. The Morgan fingerprint density at radius 3 is 2.29 bits per heavy atom. The molecule has 0 bridgehead atoms. The quantitative estimate of drug-likeness (QED) is 0.785. The third-order valence-electron chi connectivity index (χ3n) is 2.87. The summed E-state index contributed by atoms with van der Waals surface area (Å²) in [5, 5.41) is 2.02. The second kappa shape index (κ2) is 7.42. The number of amides is 1. The van der Waals surface area contributed by atoms with E-state index in [1.54, 1.807) is 0 Å². The van der Waals surface area contributed by atoms with E-state index in [-0.39, 0.29) is 11.6 Å². The third kappa shape index (κ3) is 8.90. The Kier molecular flexibility index (Phi) is 6.43. The minimum atomic E-state index is -0.480. The lowest BCUT2D eigenvalue weighted by Gasteiger charge is -2.29. The first-order valence-corrected chi connectivity index (χ1v) is 7.74. The average Bonchev–Trinajstić information content (AvgIpc) is 2.47. The van der Waals surface area contributed by atoms with E-state index in [2.05, 4.69) is 31.6 Å². The summed E-state index contributed by atoms with van der Waals surface area (Å²) in [5.74, 6) is 0. The number of nitrogens with one attached hydrogen (secondary N) is 2. The van der Waals surface area contributed by atoms with Gasteiger partial charge in [0.25, 0.3) is 0 Å². The van der Waals surface area contributed by atoms with Crippen LogP contribution in [0, 0.1) is 0 Å². The van der Waals surface area contributed by atoms with Gasteiger partial charge < -0.3 is 4.74 Å². The molecule has 0 saturated carbocycles. The lowest BCUT2D eigenvalue weighted by molar-refractivity contribution is -0.227. The van der Waals surface area contributed by atoms with Crippen LogP contribution in [0.3, 0.4) is 0 Å². The molecule has 1 unspecified atom stereocenters. The molecule has 0 aromatic carbocycles. The first-order chi connectivity index (χ1) is 9.55. The molecule has 1 heterocycles. The second-order valence-corrected chi connectivity index (χ2v) is 7.53. The van der Waals surface area contributed by atoms with E-state index in [1.165, 1.54) is 0 Å². The number of nitrogens with zero attached hydrogens (tertiary/aromatic N) is 1. The monoisotopic (exact) mass is 301 g/mol. The van der Waals surface area contributed by atoms with E-state index in [0.29, 0.717) is 0 Å². The summed E-state index contributed by atoms with van der Waals surface area (Å²) in [7, 11) is 0. The highest BCUT2D eigenvalue weighted by Gasteiger charge is 2.22. The van der Waals surface area contributed by atoms with Gasteiger partial charge >= 0.3 is 6.09 Å². The van der Waals surface area contributed by atoms with Gasteiger partial charge in [0.05, 0.1) is 5.60 Å². The maximum Gasteiger partial charge on any atom is 0.422 e. The summed E-state index contributed by atoms with van der Waals surface area (Å²) < 4.78 is 5.20. The molecule has 124 valence electrons. The van der Waals surface area contributed by atoms with Crippen LogP contribution in [0.25, 0.3) is 0 Å². The second-order valence-electron chi connectivity index (χ2n) is 7.53. The van der Waals surface area contributed by atoms with Crippen LogP contribution in [0.2, 0.25) is 0 Å². The van der Waals surface area contributed by atoms with Crippen molar-refractivity contribution in [3.05, 3.63) is 0 Å². The van der Waals surface area contributed by atoms with Crippen molar-refractivity contribution in [2.45, 2.75) is 78.0 Å². The highest BCUT2D eigenvalue weighted by Crippen LogP contribution is 2.16. The summed E-state index contributed by atoms with van der Waals surface area (Å²) >= 11 is 0. The van der Waals surface area contributed by atoms with Gasteiger partial charge in [0.1, 0.15) is 5.60 Å². The first kappa shape index (κ1) is 18.2. The molecule has 0 aromatic heterocycles. The maximum absolute atomic E-state index is 11.6. The van der Waals surface area contributed by atoms with Crippen molar-refractivity contribution in [3.8, 4) is 0 Å². The Morgan fingerprint density at radius 1 is 1.05 bits per heavy atom. The van der Waals surface area contributed by atoms with E-state index in [9.17, 15) is 4.79 Å². The molecule has 0 aliphatic carbocycles. The van der Waals surface area contributed by atoms with Crippen molar-refractivity contribution >= 4 is 6.09 Å². The fourth-order valence-corrected chi connectivity index (χ4v) is 2.16. The van der Waals surface area contributed by atoms with Crippen molar-refractivity contribution < 1.29 is 14.4 Å². The Bertz CT molecular complexity index is 334. The van der Waals surface area contributed by atoms with Gasteiger partial charge in [0.2, 0.25) is 0 Å². The number of hydrogen-bond donors (Lipinski definition) is 2. The molecule has 1 aliphatic rings. The molecule has 6 heteroatoms. The van der Waals surface area contributed by atoms with Gasteiger partial charge in [-0.3, -0.25) is 10.3 Å². The molecule has 1 amide bonds. The first-order valence-electron chi connectivity index (χ1n) is 7.74. The number of ether oxygens (including phenoxy) is 1. The Morgan fingerprint density at radius 2 is 1.71 bits per heavy atom. The molecule has 1 atom stereocenters. The van der Waals surface area contributed by atoms with Gasteiger partial charge in [-0.2, -0.15) is 5.06 Å². The molecule has 1 rings (SSSR count). The summed E-state index contributed by atoms with van der Waals surface area (Å²) in [4.78, 5) is 17.5. The van der Waals surface area contributed by atoms with E-state index in [1.807, 2.05) is 25.8 Å². The van der Waals surface area contributed by atoms with Gasteiger partial charge in [-0.15, -0.1) is 0 Å². The Labute approximate surface area is 128 Å². The van der Waals surface area contributed by atoms with Crippen molar-refractivity contribution in [1.82, 2.24) is 15.9 Å². The minimum Gasteiger partial charge on any atom is -0.443 e. The molecule has 21 heavy (non-hydrogen) atoms. The number of hydrogen-bond acceptors (Lipinski definition) is 5. The minimum absolute atomic E-state index is 0.165. The molecule has 0 spiro atoms. The topological polar surface area (TPSA) is 62.8 Å². The number of carbonyl (C=O) groups excluding carboxylic acids is 1. The average molecular weight is 301 g/mol. The lowest BCUT2D eigenvalue weighted by Crippen LogP contribution is -2.46. The molecular weight excluding hydrogens is 270 g/mol. The van der Waals surface area contributed by atoms with E-state index < -0.39 is 11.7 Å². The van der Waals surface area contributed by atoms with Crippen molar-refractivity contribution in [2.75, 3.05) is 13.1 Å². The molecule has 1 saturated heterocycles. The van der Waals surface area contributed by atoms with Crippen molar-refractivity contribution in [1.29, 1.82) is 0 Å². The van der Waals surface area contributed by atoms with Gasteiger partial charge in [-0.1, -0.05) is 0 Å². The van der Waals surface area contributed by atoms with Crippen LogP contribution in [0.15, 0.2) is 0 Å². The molecule has 6 nitrogen and oxygen atoms in total. The van der Waals surface area contributed by atoms with Crippen LogP contribution < -0.4 is 10.9 Å². The fraction of sp³-hybridized carbons (Fsp3) is 0.933. The zero-order chi connectivity index (χ0) is 16.1. The van der Waals surface area contributed by atoms with E-state index >= 15 is 0 Å². The lowest BCUT2D eigenvalue weighted by atomic mass is 10.1. The van der Waals surface area contributed by atoms with Crippen LogP contribution in [-0.4, -0.2) is 41.5 Å². The standard InChI is InChI=1S/C15H31N3O3/c1-14(2,3)20-13(19)17-16-12-8-7-10-18(11-9-12)21-15(4,5)6/h12,16H,7-11H2,1-6H3,(H,17,19). The number of hydrazine groups is 1. The van der Waals surface area contributed by atoms with Crippen LogP contribution in [0.5, 0.6) is 0 Å². The van der Waals surface area contributed by atoms with Crippen LogP contribution >= 0.6 is 0 Å². The Hall–Kier alpha value is -0.850. The van der Waals surface area contributed by atoms with Crippen LogP contribution in [-0.2, 0) is 9.57 Å². The van der Waals surface area contributed by atoms with Crippen molar-refractivity contribution in [3.63, 3.8) is 0 Å². The van der Waals surface area contributed by atoms with Crippen molar-refractivity contribution in [2.24, 2.45) is 0 Å². The van der Waals surface area contributed by atoms with Gasteiger partial charge in [0, 0.05) is 19.1 Å². The smallest absolute Gasteiger partial charge is 0.422 e. The van der Waals surface area contributed by atoms with E-state index in [4.69, 9.17) is 9.57 Å². The normalized spacial score (nSPS) is 21.7. The predicted molar refractivity (Wildman–Crippen MR) is 82.6 cm³/mol. The zero-order valence-corrected chi connectivity index (χ0v) is 14.3. The number of rotatable bonds is 3. The highest BCUT2D eigenvalue weighted by molar-refractivity contribution is 5.67. The molecule has 1 fully saturated rings. The van der Waals surface area contributed by atoms with Gasteiger partial charge in [-0.25, -0.2) is 10.2 Å². The maximum atomic E-state index is 11.6. The fourth-order valence-electron chi connectivity index (χ4n) is 2.16. The summed E-state index contributed by atoms with van der Waals surface area (Å²) in [6, 6.07) is 0.242. The predicted octanol–water partition coefficient (Wildman–Crippen LogP) is 2.60. The number of hydroxylamine groups is 2. The molecule has 2 N–H and O–H groups in total. The highest BCUT2D eigenvalue weighted by atomic mass is 16.7. The summed E-state index contributed by atoms with van der Waals surface area (Å²) in [6.45, 7) is 13.5. The van der Waals surface area contributed by atoms with Gasteiger partial charge in [0.15, 0.2) is 0 Å². The summed E-state index contributed by atoms with van der Waals surface area (Å²) in [5.41, 5.74) is 5.05. The van der Waals surface area contributed by atoms with E-state index in [0.717, 1.165) is 32.4 Å². The third-order valence-corrected chi connectivity index (χ3v) is 2.87. The number of carbonyl (C=O) groups is 1. The molecular formula is C15H31N3O3. The zero-order valence-electron chi connectivity index (χ0n) is 14.3. The molecule has 0 radical (unpaired) electrons. The van der Waals surface area contributed by atoms with Crippen LogP contribution in [0.4, 0.5) is 4.79 Å². The SMILES string of the molecule is CC(C)(C)OC(=O)NNC1CCCN(OC(C)(C)C)CC1. The van der Waals surface area contributed by atoms with Gasteiger partial charge in [-0.05, 0) is 60.8 Å². The largest absolute Gasteiger partial charge is 0.443 e. The van der Waals surface area contributed by atoms with Crippen LogP contribution in [0.1, 0.15) is 60.8 Å². The summed E-state index contributed by atoms with van der Waals surface area (Å²) in [6.07, 6.45) is 2.52.